The van der Waals surface area contributed by atoms with Gasteiger partial charge in [0.1, 0.15) is 5.75 Å². The van der Waals surface area contributed by atoms with Gasteiger partial charge in [0.05, 0.1) is 11.6 Å². The van der Waals surface area contributed by atoms with Crippen molar-refractivity contribution >= 4 is 23.4 Å². The summed E-state index contributed by atoms with van der Waals surface area (Å²) in [4.78, 5) is 15.5. The number of rotatable bonds is 6. The van der Waals surface area contributed by atoms with Gasteiger partial charge < -0.3 is 9.84 Å². The van der Waals surface area contributed by atoms with E-state index in [-0.39, 0.29) is 0 Å². The maximum Gasteiger partial charge on any atom is 0.328 e. The molecule has 0 aliphatic heterocycles. The van der Waals surface area contributed by atoms with Crippen LogP contribution in [-0.4, -0.2) is 22.7 Å². The van der Waals surface area contributed by atoms with Crippen molar-refractivity contribution in [1.29, 1.82) is 0 Å². The van der Waals surface area contributed by atoms with Crippen LogP contribution in [0.25, 0.3) is 6.08 Å². The van der Waals surface area contributed by atoms with Crippen LogP contribution >= 0.6 is 11.3 Å². The quantitative estimate of drug-likeness (QED) is 0.830. The monoisotopic (exact) mass is 289 g/mol. The van der Waals surface area contributed by atoms with Crippen molar-refractivity contribution in [2.75, 3.05) is 6.61 Å². The fourth-order valence-corrected chi connectivity index (χ4v) is 2.44. The van der Waals surface area contributed by atoms with E-state index in [4.69, 9.17) is 9.84 Å². The Morgan fingerprint density at radius 2 is 2.25 bits per heavy atom. The maximum atomic E-state index is 10.4. The molecule has 4 nitrogen and oxygen atoms in total. The van der Waals surface area contributed by atoms with Crippen molar-refractivity contribution in [2.45, 2.75) is 13.3 Å². The van der Waals surface area contributed by atoms with E-state index in [2.05, 4.69) is 4.98 Å². The molecular formula is C15H15NO3S. The molecule has 0 bridgehead atoms. The van der Waals surface area contributed by atoms with Gasteiger partial charge in [-0.05, 0) is 24.6 Å². The number of ether oxygens (including phenoxy) is 1. The molecule has 104 valence electrons. The molecule has 0 saturated carbocycles. The first-order valence-electron chi connectivity index (χ1n) is 6.19. The standard InChI is InChI=1S/C15H15NO3S/c1-11-4-2-3-5-13(11)19-9-8-14-16-10-12(20-14)6-7-15(17)18/h2-7,10H,8-9H2,1H3,(H,17,18)/b7-6+. The molecule has 0 aliphatic rings. The molecule has 1 aromatic heterocycles. The summed E-state index contributed by atoms with van der Waals surface area (Å²) in [6.45, 7) is 2.56. The van der Waals surface area contributed by atoms with Crippen LogP contribution in [0.4, 0.5) is 0 Å². The van der Waals surface area contributed by atoms with Crippen LogP contribution in [0.1, 0.15) is 15.4 Å². The first-order chi connectivity index (χ1) is 9.65. The van der Waals surface area contributed by atoms with E-state index in [1.54, 1.807) is 12.3 Å². The predicted molar refractivity (Wildman–Crippen MR) is 79.2 cm³/mol. The number of hydrogen-bond donors (Lipinski definition) is 1. The molecule has 0 radical (unpaired) electrons. The smallest absolute Gasteiger partial charge is 0.328 e. The van der Waals surface area contributed by atoms with E-state index < -0.39 is 5.97 Å². The third-order valence-electron chi connectivity index (χ3n) is 2.63. The summed E-state index contributed by atoms with van der Waals surface area (Å²) in [6, 6.07) is 7.87. The van der Waals surface area contributed by atoms with Gasteiger partial charge in [-0.25, -0.2) is 9.78 Å². The van der Waals surface area contributed by atoms with Gasteiger partial charge in [0.2, 0.25) is 0 Å². The normalized spacial score (nSPS) is 10.8. The molecule has 2 rings (SSSR count). The van der Waals surface area contributed by atoms with Gasteiger partial charge in [0.15, 0.2) is 0 Å². The van der Waals surface area contributed by atoms with E-state index >= 15 is 0 Å². The van der Waals surface area contributed by atoms with Crippen molar-refractivity contribution in [1.82, 2.24) is 4.98 Å². The van der Waals surface area contributed by atoms with E-state index in [1.807, 2.05) is 31.2 Å². The molecule has 0 fully saturated rings. The number of benzene rings is 1. The maximum absolute atomic E-state index is 10.4. The summed E-state index contributed by atoms with van der Waals surface area (Å²) in [7, 11) is 0. The van der Waals surface area contributed by atoms with E-state index in [0.717, 1.165) is 27.3 Å². The zero-order valence-electron chi connectivity index (χ0n) is 11.1. The number of carboxylic acid groups (broad SMARTS) is 1. The van der Waals surface area contributed by atoms with Gasteiger partial charge in [-0.15, -0.1) is 11.3 Å². The van der Waals surface area contributed by atoms with Gasteiger partial charge in [0.25, 0.3) is 0 Å². The van der Waals surface area contributed by atoms with E-state index in [1.165, 1.54) is 11.3 Å². The predicted octanol–water partition coefficient (Wildman–Crippen LogP) is 3.17. The van der Waals surface area contributed by atoms with Crippen LogP contribution in [0.15, 0.2) is 36.5 Å². The molecule has 0 atom stereocenters. The first-order valence-corrected chi connectivity index (χ1v) is 7.01. The van der Waals surface area contributed by atoms with Crippen molar-refractivity contribution in [3.8, 4) is 5.75 Å². The number of aliphatic carboxylic acids is 1. The van der Waals surface area contributed by atoms with Crippen LogP contribution in [-0.2, 0) is 11.2 Å². The number of aromatic nitrogens is 1. The molecule has 1 heterocycles. The molecule has 1 N–H and O–H groups in total. The minimum absolute atomic E-state index is 0.556. The highest BCUT2D eigenvalue weighted by molar-refractivity contribution is 7.12. The Morgan fingerprint density at radius 3 is 3.00 bits per heavy atom. The Bertz CT molecular complexity index is 619. The van der Waals surface area contributed by atoms with Crippen molar-refractivity contribution < 1.29 is 14.6 Å². The Kier molecular flexibility index (Phi) is 4.90. The number of nitrogens with zero attached hydrogens (tertiary/aromatic N) is 1. The fourth-order valence-electron chi connectivity index (χ4n) is 1.64. The van der Waals surface area contributed by atoms with E-state index in [9.17, 15) is 4.79 Å². The minimum Gasteiger partial charge on any atom is -0.493 e. The van der Waals surface area contributed by atoms with Crippen LogP contribution < -0.4 is 4.74 Å². The number of carbonyl (C=O) groups is 1. The van der Waals surface area contributed by atoms with Crippen molar-refractivity contribution in [2.24, 2.45) is 0 Å². The van der Waals surface area contributed by atoms with Crippen molar-refractivity contribution in [3.05, 3.63) is 52.0 Å². The molecule has 2 aromatic rings. The molecule has 5 heteroatoms. The summed E-state index contributed by atoms with van der Waals surface area (Å²) < 4.78 is 5.70. The Morgan fingerprint density at radius 1 is 1.45 bits per heavy atom. The average molecular weight is 289 g/mol. The number of carboxylic acids is 1. The SMILES string of the molecule is Cc1ccccc1OCCc1ncc(/C=C/C(=O)O)s1. The van der Waals surface area contributed by atoms with Gasteiger partial charge >= 0.3 is 5.97 Å². The van der Waals surface area contributed by atoms with Crippen LogP contribution in [0, 0.1) is 6.92 Å². The molecule has 0 saturated heterocycles. The first kappa shape index (κ1) is 14.3. The zero-order chi connectivity index (χ0) is 14.4. The summed E-state index contributed by atoms with van der Waals surface area (Å²) in [5.41, 5.74) is 1.11. The highest BCUT2D eigenvalue weighted by Crippen LogP contribution is 2.18. The fraction of sp³-hybridized carbons (Fsp3) is 0.200. The van der Waals surface area contributed by atoms with Gasteiger partial charge in [-0.1, -0.05) is 18.2 Å². The highest BCUT2D eigenvalue weighted by atomic mass is 32.1. The Hall–Kier alpha value is -2.14. The second-order valence-corrected chi connectivity index (χ2v) is 5.34. The topological polar surface area (TPSA) is 59.4 Å². The molecule has 1 aromatic carbocycles. The number of para-hydroxylation sites is 1. The zero-order valence-corrected chi connectivity index (χ0v) is 11.9. The van der Waals surface area contributed by atoms with Gasteiger partial charge in [0, 0.05) is 23.6 Å². The summed E-state index contributed by atoms with van der Waals surface area (Å²) in [6.07, 6.45) is 5.04. The Balaban J connectivity index is 1.86. The molecule has 0 spiro atoms. The average Bonchev–Trinajstić information content (AvgIpc) is 2.87. The molecular weight excluding hydrogens is 274 g/mol. The number of aryl methyl sites for hydroxylation is 1. The van der Waals surface area contributed by atoms with Gasteiger partial charge in [-0.2, -0.15) is 0 Å². The van der Waals surface area contributed by atoms with E-state index in [0.29, 0.717) is 13.0 Å². The number of hydrogen-bond acceptors (Lipinski definition) is 4. The third kappa shape index (κ3) is 4.20. The molecule has 0 unspecified atom stereocenters. The lowest BCUT2D eigenvalue weighted by Gasteiger charge is -2.07. The minimum atomic E-state index is -0.956. The largest absolute Gasteiger partial charge is 0.493 e. The lowest BCUT2D eigenvalue weighted by molar-refractivity contribution is -0.131. The summed E-state index contributed by atoms with van der Waals surface area (Å²) in [5.74, 6) is -0.0714. The lowest BCUT2D eigenvalue weighted by atomic mass is 10.2. The molecule has 20 heavy (non-hydrogen) atoms. The van der Waals surface area contributed by atoms with Crippen LogP contribution in [0.5, 0.6) is 5.75 Å². The van der Waals surface area contributed by atoms with Crippen LogP contribution in [0.2, 0.25) is 0 Å². The highest BCUT2D eigenvalue weighted by Gasteiger charge is 2.02. The molecule has 0 amide bonds. The Labute approximate surface area is 121 Å². The molecule has 0 aliphatic carbocycles. The van der Waals surface area contributed by atoms with Gasteiger partial charge in [-0.3, -0.25) is 0 Å². The van der Waals surface area contributed by atoms with Crippen LogP contribution in [0.3, 0.4) is 0 Å². The second-order valence-electron chi connectivity index (χ2n) is 4.19. The summed E-state index contributed by atoms with van der Waals surface area (Å²) in [5, 5.41) is 9.49. The number of thiazole rings is 1. The third-order valence-corrected chi connectivity index (χ3v) is 3.65. The second kappa shape index (κ2) is 6.86. The summed E-state index contributed by atoms with van der Waals surface area (Å²) >= 11 is 1.47. The lowest BCUT2D eigenvalue weighted by Crippen LogP contribution is -2.01. The van der Waals surface area contributed by atoms with Crippen molar-refractivity contribution in [3.63, 3.8) is 0 Å².